The van der Waals surface area contributed by atoms with E-state index >= 15 is 0 Å². The van der Waals surface area contributed by atoms with Gasteiger partial charge in [0, 0.05) is 22.5 Å². The third-order valence-corrected chi connectivity index (χ3v) is 3.87. The zero-order valence-electron chi connectivity index (χ0n) is 6.45. The van der Waals surface area contributed by atoms with Gasteiger partial charge in [-0.3, -0.25) is 0 Å². The van der Waals surface area contributed by atoms with E-state index in [0.29, 0.717) is 11.6 Å². The molecule has 0 bridgehead atoms. The van der Waals surface area contributed by atoms with Crippen LogP contribution < -0.4 is 0 Å². The van der Waals surface area contributed by atoms with Crippen molar-refractivity contribution >= 4 is 25.7 Å². The molecule has 0 saturated carbocycles. The first-order chi connectivity index (χ1) is 5.59. The van der Waals surface area contributed by atoms with Gasteiger partial charge in [-0.15, -0.1) is 0 Å². The van der Waals surface area contributed by atoms with Crippen LogP contribution in [0.15, 0.2) is 26.1 Å². The Hall–Kier alpha value is -0.420. The van der Waals surface area contributed by atoms with Crippen molar-refractivity contribution in [3.05, 3.63) is 22.3 Å². The van der Waals surface area contributed by atoms with E-state index in [1.54, 1.807) is 12.5 Å². The molecule has 1 unspecified atom stereocenters. The summed E-state index contributed by atoms with van der Waals surface area (Å²) in [6, 6.07) is 1.92. The van der Waals surface area contributed by atoms with Gasteiger partial charge in [0.1, 0.15) is 5.03 Å². The van der Waals surface area contributed by atoms with Crippen molar-refractivity contribution in [3.63, 3.8) is 0 Å². The van der Waals surface area contributed by atoms with Crippen LogP contribution in [0, 0.1) is 0 Å². The van der Waals surface area contributed by atoms with E-state index in [1.165, 1.54) is 0 Å². The van der Waals surface area contributed by atoms with Crippen molar-refractivity contribution in [2.75, 3.05) is 6.26 Å². The minimum atomic E-state index is -2.18. The fraction of sp³-hybridized carbons (Fsp3) is 0.286. The van der Waals surface area contributed by atoms with Crippen LogP contribution in [0.25, 0.3) is 0 Å². The smallest absolute Gasteiger partial charge is 0.140 e. The van der Waals surface area contributed by atoms with Gasteiger partial charge >= 0.3 is 0 Å². The maximum absolute atomic E-state index is 11.7. The Bertz CT molecular complexity index is 449. The molecular weight excluding hydrogens is 240 g/mol. The van der Waals surface area contributed by atoms with Crippen molar-refractivity contribution in [1.29, 1.82) is 0 Å². The maximum Gasteiger partial charge on any atom is 0.140 e. The number of rotatable bonds is 0. The monoisotopic (exact) mass is 246 g/mol. The first-order valence-electron chi connectivity index (χ1n) is 3.42. The fourth-order valence-electron chi connectivity index (χ4n) is 1.18. The average molecular weight is 247 g/mol. The SMILES string of the molecule is CS1(=O)=NCc2cc(Br)cnc21. The third-order valence-electron chi connectivity index (χ3n) is 1.73. The molecule has 0 radical (unpaired) electrons. The zero-order chi connectivity index (χ0) is 8.77. The average Bonchev–Trinajstić information content (AvgIpc) is 2.27. The first-order valence-corrected chi connectivity index (χ1v) is 6.13. The van der Waals surface area contributed by atoms with E-state index in [4.69, 9.17) is 0 Å². The molecule has 1 aliphatic rings. The second-order valence-corrected chi connectivity index (χ2v) is 5.87. The first kappa shape index (κ1) is 8.19. The number of hydrogen-bond acceptors (Lipinski definition) is 3. The minimum Gasteiger partial charge on any atom is -0.245 e. The Morgan fingerprint density at radius 2 is 2.42 bits per heavy atom. The van der Waals surface area contributed by atoms with Crippen LogP contribution in [-0.2, 0) is 16.3 Å². The van der Waals surface area contributed by atoms with Crippen molar-refractivity contribution in [2.45, 2.75) is 11.6 Å². The zero-order valence-corrected chi connectivity index (χ0v) is 8.85. The Labute approximate surface area is 79.5 Å². The largest absolute Gasteiger partial charge is 0.245 e. The number of aromatic nitrogens is 1. The van der Waals surface area contributed by atoms with Crippen LogP contribution in [0.1, 0.15) is 5.56 Å². The van der Waals surface area contributed by atoms with Crippen molar-refractivity contribution in [2.24, 2.45) is 4.36 Å². The predicted molar refractivity (Wildman–Crippen MR) is 50.4 cm³/mol. The van der Waals surface area contributed by atoms with Crippen LogP contribution in [0.4, 0.5) is 0 Å². The van der Waals surface area contributed by atoms with Crippen LogP contribution >= 0.6 is 15.9 Å². The molecule has 0 aromatic carbocycles. The molecule has 0 amide bonds. The van der Waals surface area contributed by atoms with Crippen molar-refractivity contribution in [1.82, 2.24) is 4.98 Å². The summed E-state index contributed by atoms with van der Waals surface area (Å²) >= 11 is 3.31. The lowest BCUT2D eigenvalue weighted by Crippen LogP contribution is -1.97. The van der Waals surface area contributed by atoms with Gasteiger partial charge in [0.15, 0.2) is 0 Å². The summed E-state index contributed by atoms with van der Waals surface area (Å²) in [6.45, 7) is 0.525. The second kappa shape index (κ2) is 2.53. The molecule has 64 valence electrons. The van der Waals surface area contributed by atoms with Gasteiger partial charge in [-0.1, -0.05) is 0 Å². The number of nitrogens with zero attached hydrogens (tertiary/aromatic N) is 2. The molecule has 12 heavy (non-hydrogen) atoms. The molecule has 0 saturated heterocycles. The van der Waals surface area contributed by atoms with Crippen molar-refractivity contribution in [3.8, 4) is 0 Å². The molecule has 3 nitrogen and oxygen atoms in total. The molecule has 5 heteroatoms. The molecule has 0 N–H and O–H groups in total. The van der Waals surface area contributed by atoms with Crippen molar-refractivity contribution < 1.29 is 4.21 Å². The van der Waals surface area contributed by atoms with E-state index in [9.17, 15) is 4.21 Å². The molecule has 2 rings (SSSR count). The summed E-state index contributed by atoms with van der Waals surface area (Å²) in [5, 5.41) is 0.644. The van der Waals surface area contributed by atoms with Gasteiger partial charge in [0.25, 0.3) is 0 Å². The molecule has 1 aromatic rings. The highest BCUT2D eigenvalue weighted by molar-refractivity contribution is 9.10. The molecule has 2 heterocycles. The topological polar surface area (TPSA) is 42.3 Å². The molecule has 0 fully saturated rings. The molecule has 0 aliphatic carbocycles. The summed E-state index contributed by atoms with van der Waals surface area (Å²) in [5.41, 5.74) is 0.969. The standard InChI is InChI=1S/C7H7BrN2OS/c1-12(11)7-5(3-10-12)2-6(8)4-9-7/h2,4H,3H2,1H3. The van der Waals surface area contributed by atoms with Crippen LogP contribution in [0.3, 0.4) is 0 Å². The fourth-order valence-corrected chi connectivity index (χ4v) is 2.92. The lowest BCUT2D eigenvalue weighted by atomic mass is 10.3. The molecule has 1 aliphatic heterocycles. The van der Waals surface area contributed by atoms with Crippen LogP contribution in [-0.4, -0.2) is 15.4 Å². The van der Waals surface area contributed by atoms with Crippen LogP contribution in [0.5, 0.6) is 0 Å². The highest BCUT2D eigenvalue weighted by atomic mass is 79.9. The Morgan fingerprint density at radius 1 is 1.67 bits per heavy atom. The lowest BCUT2D eigenvalue weighted by molar-refractivity contribution is 0.679. The highest BCUT2D eigenvalue weighted by Crippen LogP contribution is 2.25. The summed E-state index contributed by atoms with van der Waals surface area (Å²) in [6.07, 6.45) is 3.28. The van der Waals surface area contributed by atoms with E-state index in [-0.39, 0.29) is 0 Å². The number of pyridine rings is 1. The van der Waals surface area contributed by atoms with Gasteiger partial charge in [-0.25, -0.2) is 13.6 Å². The minimum absolute atomic E-state index is 0.525. The number of hydrogen-bond donors (Lipinski definition) is 0. The second-order valence-electron chi connectivity index (χ2n) is 2.71. The van der Waals surface area contributed by atoms with E-state index in [1.807, 2.05) is 6.07 Å². The van der Waals surface area contributed by atoms with E-state index in [2.05, 4.69) is 25.3 Å². The number of fused-ring (bicyclic) bond motifs is 1. The summed E-state index contributed by atoms with van der Waals surface area (Å²) < 4.78 is 16.6. The molecule has 1 atom stereocenters. The summed E-state index contributed by atoms with van der Waals surface area (Å²) in [5.74, 6) is 0. The predicted octanol–water partition coefficient (Wildman–Crippen LogP) is 1.81. The van der Waals surface area contributed by atoms with Gasteiger partial charge < -0.3 is 0 Å². The normalized spacial score (nSPS) is 26.5. The Balaban J connectivity index is 2.71. The van der Waals surface area contributed by atoms with Gasteiger partial charge in [0.05, 0.1) is 16.3 Å². The van der Waals surface area contributed by atoms with Crippen LogP contribution in [0.2, 0.25) is 0 Å². The summed E-state index contributed by atoms with van der Waals surface area (Å²) in [7, 11) is -2.18. The van der Waals surface area contributed by atoms with E-state index in [0.717, 1.165) is 10.0 Å². The number of halogens is 1. The lowest BCUT2D eigenvalue weighted by Gasteiger charge is -1.98. The van der Waals surface area contributed by atoms with Gasteiger partial charge in [-0.2, -0.15) is 0 Å². The van der Waals surface area contributed by atoms with Gasteiger partial charge in [0.2, 0.25) is 0 Å². The maximum atomic E-state index is 11.7. The highest BCUT2D eigenvalue weighted by Gasteiger charge is 2.19. The molecule has 1 aromatic heterocycles. The third kappa shape index (κ3) is 1.17. The summed E-state index contributed by atoms with van der Waals surface area (Å²) in [4.78, 5) is 4.10. The molecule has 0 spiro atoms. The Kier molecular flexibility index (Phi) is 1.73. The quantitative estimate of drug-likeness (QED) is 0.701. The van der Waals surface area contributed by atoms with E-state index < -0.39 is 9.73 Å². The molecular formula is C7H7BrN2OS. The van der Waals surface area contributed by atoms with Gasteiger partial charge in [-0.05, 0) is 22.0 Å². The Morgan fingerprint density at radius 3 is 3.17 bits per heavy atom.